The molecule has 1 aliphatic carbocycles. The van der Waals surface area contributed by atoms with E-state index in [1.54, 1.807) is 20.8 Å². The molecule has 6 nitrogen and oxygen atoms in total. The third-order valence-electron chi connectivity index (χ3n) is 4.30. The molecule has 1 saturated carbocycles. The number of amides is 1. The molecular formula is C18H25NO5S. The van der Waals surface area contributed by atoms with E-state index in [2.05, 4.69) is 5.32 Å². The Morgan fingerprint density at radius 2 is 1.64 bits per heavy atom. The number of carbonyl (C=O) groups is 3. The molecule has 7 heteroatoms. The minimum Gasteiger partial charge on any atom is -0.462 e. The highest BCUT2D eigenvalue weighted by Crippen LogP contribution is 2.35. The van der Waals surface area contributed by atoms with Gasteiger partial charge in [0.2, 0.25) is 5.91 Å². The van der Waals surface area contributed by atoms with E-state index in [0.717, 1.165) is 43.4 Å². The summed E-state index contributed by atoms with van der Waals surface area (Å²) in [5, 5.41) is 3.22. The van der Waals surface area contributed by atoms with Crippen LogP contribution in [0.2, 0.25) is 0 Å². The zero-order valence-electron chi connectivity index (χ0n) is 15.0. The zero-order chi connectivity index (χ0) is 18.4. The summed E-state index contributed by atoms with van der Waals surface area (Å²) in [6.45, 7) is 5.57. The van der Waals surface area contributed by atoms with Crippen LogP contribution in [0.4, 0.5) is 5.00 Å². The minimum absolute atomic E-state index is 0.0442. The van der Waals surface area contributed by atoms with Gasteiger partial charge in [-0.25, -0.2) is 9.59 Å². The normalized spacial score (nSPS) is 14.8. The second-order valence-electron chi connectivity index (χ2n) is 6.03. The largest absolute Gasteiger partial charge is 0.462 e. The van der Waals surface area contributed by atoms with Crippen LogP contribution < -0.4 is 5.32 Å². The van der Waals surface area contributed by atoms with Crippen molar-refractivity contribution in [1.29, 1.82) is 0 Å². The van der Waals surface area contributed by atoms with Gasteiger partial charge in [-0.3, -0.25) is 4.79 Å². The molecule has 25 heavy (non-hydrogen) atoms. The summed E-state index contributed by atoms with van der Waals surface area (Å²) in [6, 6.07) is 0. The second-order valence-corrected chi connectivity index (χ2v) is 7.05. The van der Waals surface area contributed by atoms with Gasteiger partial charge in [0.1, 0.15) is 9.88 Å². The molecule has 0 bridgehead atoms. The number of hydrogen-bond acceptors (Lipinski definition) is 6. The maximum Gasteiger partial charge on any atom is 0.348 e. The SMILES string of the molecule is CCOC(=O)c1sc(NC(=O)C2CCCCC2)c(C(=O)OCC)c1C. The van der Waals surface area contributed by atoms with Gasteiger partial charge in [-0.15, -0.1) is 11.3 Å². The monoisotopic (exact) mass is 367 g/mol. The Hall–Kier alpha value is -1.89. The van der Waals surface area contributed by atoms with Crippen LogP contribution in [-0.4, -0.2) is 31.1 Å². The summed E-state index contributed by atoms with van der Waals surface area (Å²) in [6.07, 6.45) is 4.95. The highest BCUT2D eigenvalue weighted by molar-refractivity contribution is 7.18. The first-order valence-electron chi connectivity index (χ1n) is 8.78. The molecule has 2 rings (SSSR count). The van der Waals surface area contributed by atoms with E-state index in [1.165, 1.54) is 0 Å². The Balaban J connectivity index is 2.30. The number of rotatable bonds is 6. The van der Waals surface area contributed by atoms with Crippen molar-refractivity contribution in [2.45, 2.75) is 52.9 Å². The van der Waals surface area contributed by atoms with E-state index in [0.29, 0.717) is 15.4 Å². The molecule has 1 aromatic heterocycles. The highest BCUT2D eigenvalue weighted by Gasteiger charge is 2.29. The van der Waals surface area contributed by atoms with Crippen molar-refractivity contribution in [3.63, 3.8) is 0 Å². The molecule has 1 aromatic rings. The number of anilines is 1. The number of ether oxygens (including phenoxy) is 2. The number of esters is 2. The van der Waals surface area contributed by atoms with Crippen LogP contribution in [0.25, 0.3) is 0 Å². The highest BCUT2D eigenvalue weighted by atomic mass is 32.1. The Labute approximate surface area is 151 Å². The molecule has 0 saturated heterocycles. The first-order chi connectivity index (χ1) is 12.0. The Morgan fingerprint density at radius 3 is 2.24 bits per heavy atom. The quantitative estimate of drug-likeness (QED) is 0.771. The van der Waals surface area contributed by atoms with Crippen molar-refractivity contribution in [2.75, 3.05) is 18.5 Å². The van der Waals surface area contributed by atoms with Crippen molar-refractivity contribution >= 4 is 34.2 Å². The standard InChI is InChI=1S/C18H25NO5S/c1-4-23-17(21)13-11(3)14(18(22)24-5-2)25-16(13)19-15(20)12-9-7-6-8-10-12/h12H,4-10H2,1-3H3,(H,19,20). The topological polar surface area (TPSA) is 81.7 Å². The first kappa shape index (κ1) is 19.4. The number of nitrogens with one attached hydrogen (secondary N) is 1. The molecule has 1 fully saturated rings. The minimum atomic E-state index is -0.536. The Kier molecular flexibility index (Phi) is 6.99. The molecule has 0 spiro atoms. The molecule has 138 valence electrons. The predicted molar refractivity (Wildman–Crippen MR) is 96.2 cm³/mol. The Bertz CT molecular complexity index is 646. The van der Waals surface area contributed by atoms with Gasteiger partial charge in [0, 0.05) is 5.92 Å². The third kappa shape index (κ3) is 4.60. The molecule has 0 radical (unpaired) electrons. The van der Waals surface area contributed by atoms with Gasteiger partial charge in [-0.05, 0) is 39.2 Å². The van der Waals surface area contributed by atoms with Crippen molar-refractivity contribution < 1.29 is 23.9 Å². The number of thiophene rings is 1. The maximum absolute atomic E-state index is 12.5. The third-order valence-corrected chi connectivity index (χ3v) is 5.49. The van der Waals surface area contributed by atoms with Gasteiger partial charge in [0.25, 0.3) is 0 Å². The second kappa shape index (κ2) is 8.99. The summed E-state index contributed by atoms with van der Waals surface area (Å²) >= 11 is 1.07. The van der Waals surface area contributed by atoms with E-state index in [-0.39, 0.29) is 30.6 Å². The lowest BCUT2D eigenvalue weighted by Crippen LogP contribution is -2.25. The number of carbonyl (C=O) groups excluding carboxylic acids is 3. The smallest absolute Gasteiger partial charge is 0.348 e. The van der Waals surface area contributed by atoms with Gasteiger partial charge >= 0.3 is 11.9 Å². The first-order valence-corrected chi connectivity index (χ1v) is 9.59. The van der Waals surface area contributed by atoms with E-state index < -0.39 is 11.9 Å². The maximum atomic E-state index is 12.5. The van der Waals surface area contributed by atoms with Crippen molar-refractivity contribution in [2.24, 2.45) is 5.92 Å². The lowest BCUT2D eigenvalue weighted by Gasteiger charge is -2.20. The van der Waals surface area contributed by atoms with Crippen LogP contribution in [0.15, 0.2) is 0 Å². The molecule has 0 unspecified atom stereocenters. The summed E-state index contributed by atoms with van der Waals surface area (Å²) in [5.74, 6) is -1.17. The van der Waals surface area contributed by atoms with Crippen molar-refractivity contribution in [3.8, 4) is 0 Å². The van der Waals surface area contributed by atoms with Crippen LogP contribution in [-0.2, 0) is 14.3 Å². The zero-order valence-corrected chi connectivity index (χ0v) is 15.8. The lowest BCUT2D eigenvalue weighted by atomic mass is 9.89. The summed E-state index contributed by atoms with van der Waals surface area (Å²) in [4.78, 5) is 37.3. The van der Waals surface area contributed by atoms with Gasteiger partial charge < -0.3 is 14.8 Å². The molecule has 1 amide bonds. The average molecular weight is 367 g/mol. The van der Waals surface area contributed by atoms with E-state index in [1.807, 2.05) is 0 Å². The number of hydrogen-bond donors (Lipinski definition) is 1. The predicted octanol–water partition coefficient (Wildman–Crippen LogP) is 3.93. The fraction of sp³-hybridized carbons (Fsp3) is 0.611. The molecular weight excluding hydrogens is 342 g/mol. The molecule has 1 N–H and O–H groups in total. The van der Waals surface area contributed by atoms with E-state index in [9.17, 15) is 14.4 Å². The van der Waals surface area contributed by atoms with Crippen LogP contribution in [0, 0.1) is 12.8 Å². The van der Waals surface area contributed by atoms with Gasteiger partial charge in [-0.1, -0.05) is 19.3 Å². The average Bonchev–Trinajstić information content (AvgIpc) is 2.92. The summed E-state index contributed by atoms with van der Waals surface area (Å²) < 4.78 is 10.1. The summed E-state index contributed by atoms with van der Waals surface area (Å²) in [7, 11) is 0. The molecule has 0 aromatic carbocycles. The molecule has 0 atom stereocenters. The van der Waals surface area contributed by atoms with Crippen molar-refractivity contribution in [1.82, 2.24) is 0 Å². The van der Waals surface area contributed by atoms with Crippen LogP contribution in [0.3, 0.4) is 0 Å². The van der Waals surface area contributed by atoms with Crippen LogP contribution in [0.1, 0.15) is 71.5 Å². The molecule has 1 aliphatic rings. The van der Waals surface area contributed by atoms with Gasteiger partial charge in [0.15, 0.2) is 0 Å². The molecule has 0 aliphatic heterocycles. The lowest BCUT2D eigenvalue weighted by molar-refractivity contribution is -0.120. The fourth-order valence-electron chi connectivity index (χ4n) is 3.02. The van der Waals surface area contributed by atoms with Crippen LogP contribution >= 0.6 is 11.3 Å². The Morgan fingerprint density at radius 1 is 1.04 bits per heavy atom. The van der Waals surface area contributed by atoms with E-state index >= 15 is 0 Å². The summed E-state index contributed by atoms with van der Waals surface area (Å²) in [5.41, 5.74) is 0.736. The van der Waals surface area contributed by atoms with Crippen LogP contribution in [0.5, 0.6) is 0 Å². The van der Waals surface area contributed by atoms with Gasteiger partial charge in [-0.2, -0.15) is 0 Å². The van der Waals surface area contributed by atoms with Gasteiger partial charge in [0.05, 0.1) is 18.8 Å². The fourth-order valence-corrected chi connectivity index (χ4v) is 4.11. The van der Waals surface area contributed by atoms with E-state index in [4.69, 9.17) is 9.47 Å². The molecule has 1 heterocycles. The van der Waals surface area contributed by atoms with Crippen molar-refractivity contribution in [3.05, 3.63) is 16.0 Å².